The van der Waals surface area contributed by atoms with Gasteiger partial charge in [-0.3, -0.25) is 0 Å². The van der Waals surface area contributed by atoms with E-state index in [2.05, 4.69) is 16.8 Å². The molecule has 0 saturated carbocycles. The van der Waals surface area contributed by atoms with Crippen LogP contribution in [-0.2, 0) is 0 Å². The van der Waals surface area contributed by atoms with Crippen LogP contribution in [0.25, 0.3) is 11.4 Å². The molecule has 0 saturated heterocycles. The predicted octanol–water partition coefficient (Wildman–Crippen LogP) is 2.98. The first kappa shape index (κ1) is 13.0. The number of aromatic nitrogens is 3. The number of rotatable bonds is 4. The van der Waals surface area contributed by atoms with Crippen molar-refractivity contribution in [3.63, 3.8) is 0 Å². The Morgan fingerprint density at radius 2 is 2.17 bits per heavy atom. The molecule has 1 aromatic carbocycles. The molecule has 0 radical (unpaired) electrons. The highest BCUT2D eigenvalue weighted by Gasteiger charge is 2.14. The molecular weight excluding hydrogens is 268 g/mol. The zero-order chi connectivity index (χ0) is 13.1. The van der Waals surface area contributed by atoms with Crippen LogP contribution >= 0.6 is 23.4 Å². The van der Waals surface area contributed by atoms with E-state index < -0.39 is 0 Å². The van der Waals surface area contributed by atoms with Crippen LogP contribution in [0.3, 0.4) is 0 Å². The summed E-state index contributed by atoms with van der Waals surface area (Å²) in [6.07, 6.45) is 0. The van der Waals surface area contributed by atoms with Gasteiger partial charge in [0.15, 0.2) is 5.82 Å². The topological polar surface area (TPSA) is 56.7 Å². The Kier molecular flexibility index (Phi) is 3.93. The molecule has 0 amide bonds. The van der Waals surface area contributed by atoms with Gasteiger partial charge >= 0.3 is 0 Å². The van der Waals surface area contributed by atoms with Crippen molar-refractivity contribution in [2.45, 2.75) is 12.1 Å². The molecule has 0 bridgehead atoms. The summed E-state index contributed by atoms with van der Waals surface area (Å²) in [7, 11) is 0. The van der Waals surface area contributed by atoms with Crippen LogP contribution in [0.1, 0.15) is 6.92 Å². The second kappa shape index (κ2) is 5.46. The van der Waals surface area contributed by atoms with Crippen molar-refractivity contribution in [1.29, 1.82) is 0 Å². The van der Waals surface area contributed by atoms with Gasteiger partial charge in [-0.25, -0.2) is 4.68 Å². The molecule has 1 heterocycles. The van der Waals surface area contributed by atoms with Gasteiger partial charge in [-0.15, -0.1) is 10.2 Å². The van der Waals surface area contributed by atoms with Crippen LogP contribution in [0, 0.1) is 0 Å². The Hall–Kier alpha value is -1.46. The van der Waals surface area contributed by atoms with E-state index in [1.807, 2.05) is 25.1 Å². The number of halogens is 1. The first-order valence-corrected chi connectivity index (χ1v) is 6.68. The van der Waals surface area contributed by atoms with Gasteiger partial charge in [0.25, 0.3) is 0 Å². The fraction of sp³-hybridized carbons (Fsp3) is 0.167. The first-order chi connectivity index (χ1) is 8.59. The quantitative estimate of drug-likeness (QED) is 0.531. The molecule has 1 aromatic heterocycles. The number of hydrogen-bond donors (Lipinski definition) is 1. The number of nitrogens with two attached hydrogens (primary N) is 1. The summed E-state index contributed by atoms with van der Waals surface area (Å²) >= 11 is 7.61. The lowest BCUT2D eigenvalue weighted by molar-refractivity contribution is 0.850. The minimum Gasteiger partial charge on any atom is -0.335 e. The molecule has 0 fully saturated rings. The summed E-state index contributed by atoms with van der Waals surface area (Å²) in [5.74, 6) is 7.29. The van der Waals surface area contributed by atoms with Crippen molar-refractivity contribution in [3.05, 3.63) is 41.4 Å². The Balaban J connectivity index is 2.31. The lowest BCUT2D eigenvalue weighted by Gasteiger charge is -2.04. The van der Waals surface area contributed by atoms with Crippen molar-refractivity contribution in [2.75, 3.05) is 11.6 Å². The Morgan fingerprint density at radius 3 is 2.83 bits per heavy atom. The zero-order valence-corrected chi connectivity index (χ0v) is 11.5. The standard InChI is InChI=1S/C12H13ClN4S/c1-8(2)7-18-12-16-15-11(17(12)14)9-5-3-4-6-10(9)13/h3-6H,1,7,14H2,2H3. The van der Waals surface area contributed by atoms with Gasteiger partial charge in [-0.1, -0.05) is 47.6 Å². The van der Waals surface area contributed by atoms with Crippen LogP contribution in [0.5, 0.6) is 0 Å². The average Bonchev–Trinajstić information content (AvgIpc) is 2.69. The van der Waals surface area contributed by atoms with E-state index in [-0.39, 0.29) is 0 Å². The highest BCUT2D eigenvalue weighted by molar-refractivity contribution is 7.99. The SMILES string of the molecule is C=C(C)CSc1nnc(-c2ccccc2Cl)n1N. The zero-order valence-electron chi connectivity index (χ0n) is 9.93. The van der Waals surface area contributed by atoms with E-state index in [0.29, 0.717) is 16.0 Å². The second-order valence-electron chi connectivity index (χ2n) is 3.90. The fourth-order valence-corrected chi connectivity index (χ4v) is 2.31. The molecule has 0 aliphatic rings. The molecule has 0 spiro atoms. The van der Waals surface area contributed by atoms with Crippen LogP contribution in [0.4, 0.5) is 0 Å². The maximum atomic E-state index is 6.11. The summed E-state index contributed by atoms with van der Waals surface area (Å²) in [6, 6.07) is 7.41. The van der Waals surface area contributed by atoms with Crippen molar-refractivity contribution in [2.24, 2.45) is 0 Å². The van der Waals surface area contributed by atoms with Crippen LogP contribution in [-0.4, -0.2) is 20.6 Å². The molecule has 94 valence electrons. The van der Waals surface area contributed by atoms with Crippen LogP contribution < -0.4 is 5.84 Å². The van der Waals surface area contributed by atoms with Gasteiger partial charge in [-0.05, 0) is 19.1 Å². The normalized spacial score (nSPS) is 10.6. The molecule has 0 atom stereocenters. The highest BCUT2D eigenvalue weighted by atomic mass is 35.5. The average molecular weight is 281 g/mol. The summed E-state index contributed by atoms with van der Waals surface area (Å²) in [5.41, 5.74) is 1.83. The summed E-state index contributed by atoms with van der Waals surface area (Å²) in [5, 5.41) is 9.39. The predicted molar refractivity (Wildman–Crippen MR) is 76.2 cm³/mol. The molecule has 2 rings (SSSR count). The minimum absolute atomic E-state index is 0.560. The van der Waals surface area contributed by atoms with Crippen molar-refractivity contribution in [1.82, 2.24) is 14.9 Å². The van der Waals surface area contributed by atoms with Gasteiger partial charge in [0.05, 0.1) is 5.02 Å². The van der Waals surface area contributed by atoms with E-state index in [9.17, 15) is 0 Å². The van der Waals surface area contributed by atoms with E-state index >= 15 is 0 Å². The first-order valence-electron chi connectivity index (χ1n) is 5.32. The van der Waals surface area contributed by atoms with Crippen molar-refractivity contribution in [3.8, 4) is 11.4 Å². The number of nitrogens with zero attached hydrogens (tertiary/aromatic N) is 3. The third-order valence-electron chi connectivity index (χ3n) is 2.23. The highest BCUT2D eigenvalue weighted by Crippen LogP contribution is 2.27. The number of benzene rings is 1. The molecule has 0 aliphatic heterocycles. The van der Waals surface area contributed by atoms with Gasteiger partial charge in [0.1, 0.15) is 0 Å². The molecule has 0 aliphatic carbocycles. The van der Waals surface area contributed by atoms with Gasteiger partial charge < -0.3 is 5.84 Å². The second-order valence-corrected chi connectivity index (χ2v) is 5.25. The van der Waals surface area contributed by atoms with E-state index in [1.165, 1.54) is 16.4 Å². The largest absolute Gasteiger partial charge is 0.335 e. The molecule has 0 unspecified atom stereocenters. The van der Waals surface area contributed by atoms with Crippen LogP contribution in [0.15, 0.2) is 41.6 Å². The van der Waals surface area contributed by atoms with Crippen LogP contribution in [0.2, 0.25) is 5.02 Å². The number of hydrogen-bond acceptors (Lipinski definition) is 4. The molecular formula is C12H13ClN4S. The van der Waals surface area contributed by atoms with Gasteiger partial charge in [-0.2, -0.15) is 0 Å². The minimum atomic E-state index is 0.560. The monoisotopic (exact) mass is 280 g/mol. The molecule has 18 heavy (non-hydrogen) atoms. The van der Waals surface area contributed by atoms with Crippen molar-refractivity contribution < 1.29 is 0 Å². The Morgan fingerprint density at radius 1 is 1.44 bits per heavy atom. The van der Waals surface area contributed by atoms with Gasteiger partial charge in [0, 0.05) is 11.3 Å². The van der Waals surface area contributed by atoms with E-state index in [4.69, 9.17) is 17.4 Å². The van der Waals surface area contributed by atoms with Crippen molar-refractivity contribution >= 4 is 23.4 Å². The number of nitrogen functional groups attached to an aromatic ring is 1. The Labute approximate surface area is 115 Å². The maximum Gasteiger partial charge on any atom is 0.210 e. The third-order valence-corrected chi connectivity index (χ3v) is 3.73. The fourth-order valence-electron chi connectivity index (χ4n) is 1.39. The molecule has 6 heteroatoms. The third kappa shape index (κ3) is 2.68. The maximum absolute atomic E-state index is 6.11. The summed E-state index contributed by atoms with van der Waals surface area (Å²) < 4.78 is 1.45. The summed E-state index contributed by atoms with van der Waals surface area (Å²) in [4.78, 5) is 0. The Bertz CT molecular complexity index is 579. The summed E-state index contributed by atoms with van der Waals surface area (Å²) in [6.45, 7) is 5.80. The molecule has 2 N–H and O–H groups in total. The van der Waals surface area contributed by atoms with E-state index in [1.54, 1.807) is 6.07 Å². The van der Waals surface area contributed by atoms with Gasteiger partial charge in [0.2, 0.25) is 5.16 Å². The lowest BCUT2D eigenvalue weighted by Crippen LogP contribution is -2.11. The molecule has 2 aromatic rings. The molecule has 4 nitrogen and oxygen atoms in total. The number of thioether (sulfide) groups is 1. The lowest BCUT2D eigenvalue weighted by atomic mass is 10.2. The van der Waals surface area contributed by atoms with E-state index in [0.717, 1.165) is 16.9 Å². The smallest absolute Gasteiger partial charge is 0.210 e.